The fourth-order valence-corrected chi connectivity index (χ4v) is 8.09. The largest absolute Gasteiger partial charge is 0.315 e. The van der Waals surface area contributed by atoms with Crippen LogP contribution < -0.4 is 19.6 Å². The van der Waals surface area contributed by atoms with Gasteiger partial charge < -0.3 is 19.6 Å². The Hall–Kier alpha value is -7.30. The van der Waals surface area contributed by atoms with Crippen molar-refractivity contribution in [2.24, 2.45) is 0 Å². The SMILES string of the molecule is C=C(CC/C=C/C)N(c1ccccc1)c1ccc(N(c2ccc(N(C3=CCCC=C3)c3cccc(C)c3)cc2)c2ccc(N(c3ccccc3)c3cccc(C)c3)cc2)cc1. The van der Waals surface area contributed by atoms with Gasteiger partial charge in [0.1, 0.15) is 0 Å². The number of aryl methyl sites for hydroxylation is 2. The summed E-state index contributed by atoms with van der Waals surface area (Å²) < 4.78 is 0. The molecule has 0 unspecified atom stereocenters. The van der Waals surface area contributed by atoms with Crippen LogP contribution in [0.25, 0.3) is 0 Å². The zero-order chi connectivity index (χ0) is 42.0. The minimum Gasteiger partial charge on any atom is -0.315 e. The van der Waals surface area contributed by atoms with E-state index < -0.39 is 0 Å². The molecule has 0 bridgehead atoms. The molecule has 0 aliphatic heterocycles. The third-order valence-corrected chi connectivity index (χ3v) is 11.0. The van der Waals surface area contributed by atoms with E-state index in [1.54, 1.807) is 0 Å². The lowest BCUT2D eigenvalue weighted by Gasteiger charge is -2.31. The first kappa shape index (κ1) is 40.5. The first-order valence-electron chi connectivity index (χ1n) is 21.4. The molecule has 0 aromatic heterocycles. The maximum absolute atomic E-state index is 4.55. The molecule has 0 radical (unpaired) electrons. The highest BCUT2D eigenvalue weighted by Crippen LogP contribution is 2.42. The van der Waals surface area contributed by atoms with Crippen LogP contribution in [0.5, 0.6) is 0 Å². The Morgan fingerprint density at radius 3 is 1.36 bits per heavy atom. The lowest BCUT2D eigenvalue weighted by atomic mass is 10.1. The zero-order valence-electron chi connectivity index (χ0n) is 35.5. The Morgan fingerprint density at radius 2 is 0.885 bits per heavy atom. The molecule has 7 aromatic rings. The van der Waals surface area contributed by atoms with Crippen LogP contribution in [0.3, 0.4) is 0 Å². The maximum atomic E-state index is 4.55. The number of hydrogen-bond acceptors (Lipinski definition) is 4. The van der Waals surface area contributed by atoms with E-state index in [-0.39, 0.29) is 0 Å². The van der Waals surface area contributed by atoms with Crippen molar-refractivity contribution in [2.45, 2.75) is 46.5 Å². The van der Waals surface area contributed by atoms with E-state index in [4.69, 9.17) is 0 Å². The molecule has 0 fully saturated rings. The predicted octanol–water partition coefficient (Wildman–Crippen LogP) is 16.6. The van der Waals surface area contributed by atoms with Crippen LogP contribution in [-0.4, -0.2) is 0 Å². The number of allylic oxidation sites excluding steroid dienone is 6. The number of nitrogens with zero attached hydrogens (tertiary/aromatic N) is 4. The van der Waals surface area contributed by atoms with Crippen molar-refractivity contribution in [1.29, 1.82) is 0 Å². The van der Waals surface area contributed by atoms with Gasteiger partial charge in [-0.2, -0.15) is 0 Å². The fourth-order valence-electron chi connectivity index (χ4n) is 8.09. The number of rotatable bonds is 15. The smallest absolute Gasteiger partial charge is 0.0464 e. The third kappa shape index (κ3) is 9.45. The van der Waals surface area contributed by atoms with Gasteiger partial charge in [-0.1, -0.05) is 91.5 Å². The molecule has 0 atom stereocenters. The molecule has 61 heavy (non-hydrogen) atoms. The van der Waals surface area contributed by atoms with E-state index in [0.717, 1.165) is 88.3 Å². The molecular formula is C57H54N4. The molecule has 0 N–H and O–H groups in total. The van der Waals surface area contributed by atoms with Crippen molar-refractivity contribution >= 4 is 56.9 Å². The van der Waals surface area contributed by atoms with Gasteiger partial charge in [-0.25, -0.2) is 0 Å². The van der Waals surface area contributed by atoms with E-state index in [2.05, 4.69) is 259 Å². The molecule has 1 aliphatic rings. The molecule has 0 amide bonds. The van der Waals surface area contributed by atoms with Crippen molar-refractivity contribution < 1.29 is 0 Å². The van der Waals surface area contributed by atoms with Crippen molar-refractivity contribution in [3.63, 3.8) is 0 Å². The molecule has 8 rings (SSSR count). The fraction of sp³-hybridized carbons (Fsp3) is 0.123. The second-order valence-corrected chi connectivity index (χ2v) is 15.5. The molecule has 0 saturated heterocycles. The molecule has 0 spiro atoms. The minimum atomic E-state index is 0.862. The number of para-hydroxylation sites is 2. The van der Waals surface area contributed by atoms with Gasteiger partial charge in [-0.3, -0.25) is 0 Å². The van der Waals surface area contributed by atoms with Gasteiger partial charge in [0, 0.05) is 68.3 Å². The van der Waals surface area contributed by atoms with Gasteiger partial charge in [0.05, 0.1) is 0 Å². The highest BCUT2D eigenvalue weighted by Gasteiger charge is 2.20. The topological polar surface area (TPSA) is 13.0 Å². The van der Waals surface area contributed by atoms with Crippen molar-refractivity contribution in [1.82, 2.24) is 0 Å². The summed E-state index contributed by atoms with van der Waals surface area (Å²) in [5, 5.41) is 0. The van der Waals surface area contributed by atoms with E-state index >= 15 is 0 Å². The molecule has 7 aromatic carbocycles. The monoisotopic (exact) mass is 794 g/mol. The second-order valence-electron chi connectivity index (χ2n) is 15.5. The Kier molecular flexibility index (Phi) is 12.7. The molecule has 0 heterocycles. The zero-order valence-corrected chi connectivity index (χ0v) is 35.5. The van der Waals surface area contributed by atoms with Crippen LogP contribution in [-0.2, 0) is 0 Å². The number of anilines is 10. The standard InChI is InChI=1S/C57H54N4/c1-5-6-10-21-46(4)58(47-22-11-7-12-23-47)50-30-32-51(33-31-50)59(52-34-38-54(39-35-52)60(48-24-13-8-14-25-48)56-28-17-19-44(2)42-56)53-36-40-55(41-37-53)61(49-26-15-9-16-27-49)57-29-18-20-45(3)43-57/h5-8,11-15,17-20,22-43H,4,9-10,16,21H2,1-3H3/b6-5+. The van der Waals surface area contributed by atoms with Gasteiger partial charge in [0.2, 0.25) is 0 Å². The normalized spacial score (nSPS) is 12.2. The van der Waals surface area contributed by atoms with Crippen molar-refractivity contribution in [3.8, 4) is 0 Å². The summed E-state index contributed by atoms with van der Waals surface area (Å²) in [6, 6.07) is 65.4. The highest BCUT2D eigenvalue weighted by molar-refractivity contribution is 5.83. The average molecular weight is 795 g/mol. The van der Waals surface area contributed by atoms with Crippen LogP contribution in [0.1, 0.15) is 43.7 Å². The van der Waals surface area contributed by atoms with Gasteiger partial charge in [0.25, 0.3) is 0 Å². The molecule has 4 heteroatoms. The summed E-state index contributed by atoms with van der Waals surface area (Å²) >= 11 is 0. The average Bonchev–Trinajstić information content (AvgIpc) is 3.30. The van der Waals surface area contributed by atoms with E-state index in [1.165, 1.54) is 16.8 Å². The summed E-state index contributed by atoms with van der Waals surface area (Å²) in [7, 11) is 0. The Morgan fingerprint density at radius 1 is 0.475 bits per heavy atom. The first-order valence-corrected chi connectivity index (χ1v) is 21.4. The highest BCUT2D eigenvalue weighted by atomic mass is 15.2. The Balaban J connectivity index is 1.20. The summed E-state index contributed by atoms with van der Waals surface area (Å²) in [6.45, 7) is 10.9. The number of hydrogen-bond donors (Lipinski definition) is 0. The lowest BCUT2D eigenvalue weighted by molar-refractivity contribution is 0.937. The summed E-state index contributed by atoms with van der Waals surface area (Å²) in [6.07, 6.45) is 15.1. The van der Waals surface area contributed by atoms with Crippen LogP contribution in [0, 0.1) is 13.8 Å². The minimum absolute atomic E-state index is 0.862. The van der Waals surface area contributed by atoms with Crippen molar-refractivity contribution in [2.75, 3.05) is 19.6 Å². The van der Waals surface area contributed by atoms with Crippen LogP contribution in [0.15, 0.2) is 230 Å². The molecule has 302 valence electrons. The first-order chi connectivity index (χ1) is 30.0. The quantitative estimate of drug-likeness (QED) is 0.0959. The van der Waals surface area contributed by atoms with Crippen LogP contribution in [0.4, 0.5) is 56.9 Å². The maximum Gasteiger partial charge on any atom is 0.0464 e. The molecule has 4 nitrogen and oxygen atoms in total. The van der Waals surface area contributed by atoms with Crippen LogP contribution in [0.2, 0.25) is 0 Å². The Labute approximate surface area is 363 Å². The molecule has 0 saturated carbocycles. The van der Waals surface area contributed by atoms with E-state index in [0.29, 0.717) is 0 Å². The summed E-state index contributed by atoms with van der Waals surface area (Å²) in [5.41, 5.74) is 15.6. The van der Waals surface area contributed by atoms with E-state index in [1.807, 2.05) is 0 Å². The third-order valence-electron chi connectivity index (χ3n) is 11.0. The van der Waals surface area contributed by atoms with Gasteiger partial charge in [0.15, 0.2) is 0 Å². The summed E-state index contributed by atoms with van der Waals surface area (Å²) in [5.74, 6) is 0. The summed E-state index contributed by atoms with van der Waals surface area (Å²) in [4.78, 5) is 9.31. The van der Waals surface area contributed by atoms with Gasteiger partial charge in [-0.05, 0) is 185 Å². The predicted molar refractivity (Wildman–Crippen MR) is 262 cm³/mol. The molecule has 1 aliphatic carbocycles. The van der Waals surface area contributed by atoms with Gasteiger partial charge >= 0.3 is 0 Å². The number of benzene rings is 7. The van der Waals surface area contributed by atoms with Crippen molar-refractivity contribution in [3.05, 3.63) is 241 Å². The second kappa shape index (κ2) is 19.2. The lowest BCUT2D eigenvalue weighted by Crippen LogP contribution is -2.17. The van der Waals surface area contributed by atoms with E-state index in [9.17, 15) is 0 Å². The Bertz CT molecular complexity index is 2620. The van der Waals surface area contributed by atoms with Crippen LogP contribution >= 0.6 is 0 Å². The van der Waals surface area contributed by atoms with Gasteiger partial charge in [-0.15, -0.1) is 0 Å². The molecular weight excluding hydrogens is 741 g/mol.